The van der Waals surface area contributed by atoms with E-state index in [1.807, 2.05) is 0 Å². The Morgan fingerprint density at radius 1 is 0.679 bits per heavy atom. The zero-order valence-electron chi connectivity index (χ0n) is 28.5. The standard InChI is InChI=1S/C34H42O19/c1-11-23(38)26(41)29(44)32(48-11)47-10-21-25(40)28(43)31(53-33-30(45)27(42)24(39)12(2)49-33)34(52-21)50-14-7-16(36)22-17(37)9-19(51-20(22)8-14)13-4-5-18(46-3)15(35)6-13/h4-9,11-12,21,23-36,38-45H,10H2,1-3H3/t11?,12?,21?,23-,24-,25+,26?,27?,28-,29-,30-,31?,32+,33-,34+/m0/s1. The van der Waals surface area contributed by atoms with Crippen LogP contribution in [0.25, 0.3) is 22.3 Å². The third kappa shape index (κ3) is 7.67. The molecule has 2 aromatic carbocycles. The SMILES string of the molecule is COc1ccc(-c2cc(=O)c3c(O)cc(O[C@@H]4OC(CO[C@@H]5OC(C)[C@H](O)C(O)[C@@H]5O)[C@@H](O)[C@H](O)C4O[C@@H]4OC(C)[C@H](O)C(O)[C@@H]4O)cc3o2)cc1O. The summed E-state index contributed by atoms with van der Waals surface area (Å²) in [5.74, 6) is -0.866. The molecule has 15 atom stereocenters. The summed E-state index contributed by atoms with van der Waals surface area (Å²) in [4.78, 5) is 13.1. The van der Waals surface area contributed by atoms with Crippen molar-refractivity contribution >= 4 is 11.0 Å². The van der Waals surface area contributed by atoms with E-state index in [0.29, 0.717) is 0 Å². The highest BCUT2D eigenvalue weighted by Gasteiger charge is 2.52. The predicted octanol–water partition coefficient (Wildman–Crippen LogP) is -2.24. The van der Waals surface area contributed by atoms with Crippen molar-refractivity contribution in [3.8, 4) is 34.3 Å². The molecule has 19 nitrogen and oxygen atoms in total. The summed E-state index contributed by atoms with van der Waals surface area (Å²) in [5, 5.41) is 105. The number of phenolic OH excluding ortho intramolecular Hbond substituents is 2. The summed E-state index contributed by atoms with van der Waals surface area (Å²) in [6.07, 6.45) is -23.6. The third-order valence-electron chi connectivity index (χ3n) is 9.48. The lowest BCUT2D eigenvalue weighted by Gasteiger charge is -2.46. The molecular weight excluding hydrogens is 712 g/mol. The van der Waals surface area contributed by atoms with E-state index in [0.717, 1.165) is 12.1 Å². The summed E-state index contributed by atoms with van der Waals surface area (Å²) in [6, 6.07) is 7.63. The second kappa shape index (κ2) is 15.6. The zero-order valence-corrected chi connectivity index (χ0v) is 28.5. The maximum absolute atomic E-state index is 13.1. The van der Waals surface area contributed by atoms with Crippen LogP contribution in [0.4, 0.5) is 0 Å². The van der Waals surface area contributed by atoms with Crippen molar-refractivity contribution in [2.24, 2.45) is 0 Å². The number of aromatic hydroxyl groups is 2. The third-order valence-corrected chi connectivity index (χ3v) is 9.48. The van der Waals surface area contributed by atoms with Gasteiger partial charge in [0.2, 0.25) is 6.29 Å². The summed E-state index contributed by atoms with van der Waals surface area (Å²) in [7, 11) is 1.36. The molecule has 10 N–H and O–H groups in total. The van der Waals surface area contributed by atoms with Crippen LogP contribution in [0.3, 0.4) is 0 Å². The Morgan fingerprint density at radius 3 is 1.96 bits per heavy atom. The number of aliphatic hydroxyl groups excluding tert-OH is 8. The van der Waals surface area contributed by atoms with E-state index < -0.39 is 110 Å². The van der Waals surface area contributed by atoms with Gasteiger partial charge in [-0.3, -0.25) is 4.79 Å². The van der Waals surface area contributed by atoms with Crippen LogP contribution in [0.2, 0.25) is 0 Å². The molecule has 0 amide bonds. The molecule has 3 saturated heterocycles. The molecule has 19 heteroatoms. The fourth-order valence-corrected chi connectivity index (χ4v) is 6.34. The molecule has 3 aliphatic rings. The van der Waals surface area contributed by atoms with Crippen molar-refractivity contribution in [2.75, 3.05) is 13.7 Å². The van der Waals surface area contributed by atoms with E-state index in [2.05, 4.69) is 0 Å². The van der Waals surface area contributed by atoms with E-state index in [-0.39, 0.29) is 39.5 Å². The highest BCUT2D eigenvalue weighted by molar-refractivity contribution is 5.86. The number of ether oxygens (including phenoxy) is 7. The molecular formula is C34H42O19. The highest BCUT2D eigenvalue weighted by Crippen LogP contribution is 2.37. The Bertz CT molecular complexity index is 1800. The van der Waals surface area contributed by atoms with E-state index in [1.165, 1.54) is 45.2 Å². The Hall–Kier alpha value is -3.67. The van der Waals surface area contributed by atoms with E-state index >= 15 is 0 Å². The average Bonchev–Trinajstić information content (AvgIpc) is 3.12. The van der Waals surface area contributed by atoms with Gasteiger partial charge in [0, 0.05) is 23.8 Å². The molecule has 3 aliphatic heterocycles. The maximum atomic E-state index is 13.1. The molecule has 6 unspecified atom stereocenters. The molecule has 4 heterocycles. The van der Waals surface area contributed by atoms with Gasteiger partial charge >= 0.3 is 0 Å². The summed E-state index contributed by atoms with van der Waals surface area (Å²) < 4.78 is 45.2. The average molecular weight is 755 g/mol. The van der Waals surface area contributed by atoms with Gasteiger partial charge < -0.3 is 88.6 Å². The first-order valence-electron chi connectivity index (χ1n) is 16.6. The lowest BCUT2D eigenvalue weighted by atomic mass is 9.97. The second-order valence-electron chi connectivity index (χ2n) is 13.1. The highest BCUT2D eigenvalue weighted by atomic mass is 16.8. The normalized spacial score (nSPS) is 37.8. The van der Waals surface area contributed by atoms with Crippen molar-refractivity contribution in [3.63, 3.8) is 0 Å². The Kier molecular flexibility index (Phi) is 11.5. The predicted molar refractivity (Wildman–Crippen MR) is 175 cm³/mol. The van der Waals surface area contributed by atoms with Crippen molar-refractivity contribution < 1.29 is 88.6 Å². The number of hydrogen-bond donors (Lipinski definition) is 10. The van der Waals surface area contributed by atoms with Crippen molar-refractivity contribution in [1.29, 1.82) is 0 Å². The van der Waals surface area contributed by atoms with Gasteiger partial charge in [-0.05, 0) is 32.0 Å². The van der Waals surface area contributed by atoms with E-state index in [1.54, 1.807) is 0 Å². The Morgan fingerprint density at radius 2 is 1.32 bits per heavy atom. The van der Waals surface area contributed by atoms with Crippen LogP contribution in [0.1, 0.15) is 13.8 Å². The molecule has 6 rings (SSSR count). The first-order valence-corrected chi connectivity index (χ1v) is 16.6. The maximum Gasteiger partial charge on any atom is 0.229 e. The van der Waals surface area contributed by atoms with Gasteiger partial charge in [0.1, 0.15) is 83.2 Å². The Labute approximate surface area is 300 Å². The minimum atomic E-state index is -1.90. The van der Waals surface area contributed by atoms with Crippen LogP contribution in [0.15, 0.2) is 45.6 Å². The van der Waals surface area contributed by atoms with E-state index in [9.17, 15) is 55.9 Å². The van der Waals surface area contributed by atoms with Crippen molar-refractivity contribution in [2.45, 2.75) is 106 Å². The van der Waals surface area contributed by atoms with Crippen LogP contribution in [-0.2, 0) is 23.7 Å². The van der Waals surface area contributed by atoms with E-state index in [4.69, 9.17) is 37.6 Å². The van der Waals surface area contributed by atoms with Crippen LogP contribution in [0, 0.1) is 0 Å². The molecule has 3 fully saturated rings. The molecule has 53 heavy (non-hydrogen) atoms. The molecule has 0 aliphatic carbocycles. The van der Waals surface area contributed by atoms with Gasteiger partial charge in [-0.25, -0.2) is 0 Å². The molecule has 3 aromatic rings. The summed E-state index contributed by atoms with van der Waals surface area (Å²) >= 11 is 0. The van der Waals surface area contributed by atoms with Crippen molar-refractivity contribution in [3.05, 3.63) is 46.6 Å². The number of fused-ring (bicyclic) bond motifs is 1. The van der Waals surface area contributed by atoms with Gasteiger partial charge in [0.15, 0.2) is 35.6 Å². The molecule has 1 aromatic heterocycles. The molecule has 0 bridgehead atoms. The quantitative estimate of drug-likeness (QED) is 0.110. The monoisotopic (exact) mass is 754 g/mol. The second-order valence-corrected chi connectivity index (χ2v) is 13.1. The van der Waals surface area contributed by atoms with Gasteiger partial charge in [-0.2, -0.15) is 0 Å². The van der Waals surface area contributed by atoms with Crippen LogP contribution < -0.4 is 14.9 Å². The number of rotatable bonds is 9. The fraction of sp³-hybridized carbons (Fsp3) is 0.559. The van der Waals surface area contributed by atoms with Gasteiger partial charge in [-0.15, -0.1) is 0 Å². The minimum Gasteiger partial charge on any atom is -0.507 e. The largest absolute Gasteiger partial charge is 0.507 e. The summed E-state index contributed by atoms with van der Waals surface area (Å²) in [5.41, 5.74) is -0.543. The van der Waals surface area contributed by atoms with Gasteiger partial charge in [0.25, 0.3) is 0 Å². The lowest BCUT2D eigenvalue weighted by molar-refractivity contribution is -0.360. The fourth-order valence-electron chi connectivity index (χ4n) is 6.34. The van der Waals surface area contributed by atoms with Crippen LogP contribution in [-0.4, -0.2) is 157 Å². The molecule has 0 saturated carbocycles. The lowest BCUT2D eigenvalue weighted by Crippen LogP contribution is -2.65. The topological polar surface area (TPSA) is 297 Å². The number of phenols is 2. The van der Waals surface area contributed by atoms with Crippen LogP contribution in [0.5, 0.6) is 23.0 Å². The molecule has 292 valence electrons. The first kappa shape index (κ1) is 39.0. The van der Waals surface area contributed by atoms with Crippen molar-refractivity contribution in [1.82, 2.24) is 0 Å². The number of methoxy groups -OCH3 is 1. The first-order chi connectivity index (χ1) is 25.1. The van der Waals surface area contributed by atoms with Gasteiger partial charge in [0.05, 0.1) is 25.9 Å². The summed E-state index contributed by atoms with van der Waals surface area (Å²) in [6.45, 7) is 2.23. The number of benzene rings is 2. The molecule has 0 spiro atoms. The molecule has 0 radical (unpaired) electrons. The smallest absolute Gasteiger partial charge is 0.229 e. The number of aliphatic hydroxyl groups is 8. The number of hydrogen-bond acceptors (Lipinski definition) is 19. The zero-order chi connectivity index (χ0) is 38.5. The minimum absolute atomic E-state index is 0.000242. The van der Waals surface area contributed by atoms with Gasteiger partial charge in [-0.1, -0.05) is 0 Å². The van der Waals surface area contributed by atoms with Crippen LogP contribution >= 0.6 is 0 Å². The Balaban J connectivity index is 1.31.